The number of nitrogens with zero attached hydrogens (tertiary/aromatic N) is 2. The van der Waals surface area contributed by atoms with Crippen LogP contribution >= 0.6 is 11.8 Å². The first kappa shape index (κ1) is 12.0. The lowest BCUT2D eigenvalue weighted by Crippen LogP contribution is -2.36. The number of nitrogens with two attached hydrogens (primary N) is 1. The molecule has 1 heterocycles. The van der Waals surface area contributed by atoms with Gasteiger partial charge >= 0.3 is 0 Å². The Balaban J connectivity index is 2.28. The summed E-state index contributed by atoms with van der Waals surface area (Å²) in [4.78, 5) is 12.5. The molecule has 5 nitrogen and oxygen atoms in total. The lowest BCUT2D eigenvalue weighted by Gasteiger charge is -2.32. The van der Waals surface area contributed by atoms with E-state index in [0.29, 0.717) is 10.9 Å². The molecule has 17 heavy (non-hydrogen) atoms. The highest BCUT2D eigenvalue weighted by Gasteiger charge is 2.19. The van der Waals surface area contributed by atoms with E-state index in [2.05, 4.69) is 11.8 Å². The summed E-state index contributed by atoms with van der Waals surface area (Å²) in [5.41, 5.74) is 7.06. The Kier molecular flexibility index (Phi) is 3.42. The van der Waals surface area contributed by atoms with Crippen molar-refractivity contribution >= 4 is 28.8 Å². The molecule has 92 valence electrons. The monoisotopic (exact) mass is 253 g/mol. The van der Waals surface area contributed by atoms with E-state index >= 15 is 0 Å². The number of rotatable bonds is 2. The van der Waals surface area contributed by atoms with Crippen LogP contribution in [-0.2, 0) is 0 Å². The molecule has 0 amide bonds. The van der Waals surface area contributed by atoms with E-state index in [1.807, 2.05) is 11.8 Å². The van der Waals surface area contributed by atoms with E-state index < -0.39 is 4.92 Å². The van der Waals surface area contributed by atoms with Crippen molar-refractivity contribution in [1.29, 1.82) is 0 Å². The maximum Gasteiger partial charge on any atom is 0.273 e. The van der Waals surface area contributed by atoms with E-state index in [4.69, 9.17) is 5.73 Å². The van der Waals surface area contributed by atoms with Gasteiger partial charge in [-0.25, -0.2) is 0 Å². The topological polar surface area (TPSA) is 72.4 Å². The van der Waals surface area contributed by atoms with Gasteiger partial charge in [0, 0.05) is 47.6 Å². The first-order valence-corrected chi connectivity index (χ1v) is 6.52. The molecule has 1 aromatic carbocycles. The molecule has 1 saturated heterocycles. The third-order valence-electron chi connectivity index (χ3n) is 2.74. The van der Waals surface area contributed by atoms with Gasteiger partial charge in [-0.05, 0) is 6.07 Å². The number of nitro groups is 1. The van der Waals surface area contributed by atoms with Crippen LogP contribution in [0.25, 0.3) is 0 Å². The van der Waals surface area contributed by atoms with Crippen molar-refractivity contribution in [3.63, 3.8) is 0 Å². The summed E-state index contributed by atoms with van der Waals surface area (Å²) in [6, 6.07) is 4.79. The molecule has 2 rings (SSSR count). The molecule has 1 unspecified atom stereocenters. The maximum absolute atomic E-state index is 10.8. The number of non-ortho nitro benzene ring substituents is 1. The fourth-order valence-electron chi connectivity index (χ4n) is 1.96. The third kappa shape index (κ3) is 2.82. The van der Waals surface area contributed by atoms with Gasteiger partial charge in [-0.1, -0.05) is 6.92 Å². The molecular weight excluding hydrogens is 238 g/mol. The molecule has 1 atom stereocenters. The molecule has 0 spiro atoms. The molecule has 6 heteroatoms. The van der Waals surface area contributed by atoms with E-state index in [-0.39, 0.29) is 5.69 Å². The van der Waals surface area contributed by atoms with E-state index in [0.717, 1.165) is 24.5 Å². The number of nitrogen functional groups attached to an aromatic ring is 1. The molecule has 1 aliphatic heterocycles. The minimum atomic E-state index is -0.401. The largest absolute Gasteiger partial charge is 0.398 e. The summed E-state index contributed by atoms with van der Waals surface area (Å²) in [6.45, 7) is 3.98. The Hall–Kier alpha value is -1.43. The van der Waals surface area contributed by atoms with Crippen molar-refractivity contribution in [2.45, 2.75) is 12.2 Å². The molecule has 1 aliphatic rings. The zero-order chi connectivity index (χ0) is 12.4. The van der Waals surface area contributed by atoms with Crippen LogP contribution in [0.3, 0.4) is 0 Å². The van der Waals surface area contributed by atoms with Crippen molar-refractivity contribution in [2.24, 2.45) is 0 Å². The molecule has 0 radical (unpaired) electrons. The fraction of sp³-hybridized carbons (Fsp3) is 0.455. The normalized spacial score (nSPS) is 20.3. The standard InChI is InChI=1S/C11H15N3O2S/c1-8-7-13(2-3-17-8)10-4-9(12)5-11(6-10)14(15)16/h4-6,8H,2-3,7,12H2,1H3. The Labute approximate surface area is 104 Å². The summed E-state index contributed by atoms with van der Waals surface area (Å²) < 4.78 is 0. The van der Waals surface area contributed by atoms with E-state index in [9.17, 15) is 10.1 Å². The van der Waals surface area contributed by atoms with E-state index in [1.54, 1.807) is 12.1 Å². The number of thioether (sulfide) groups is 1. The van der Waals surface area contributed by atoms with Gasteiger partial charge in [-0.15, -0.1) is 0 Å². The molecule has 1 fully saturated rings. The second-order valence-electron chi connectivity index (χ2n) is 4.17. The summed E-state index contributed by atoms with van der Waals surface area (Å²) in [7, 11) is 0. The first-order chi connectivity index (χ1) is 8.06. The molecule has 2 N–H and O–H groups in total. The van der Waals surface area contributed by atoms with Crippen molar-refractivity contribution < 1.29 is 4.92 Å². The zero-order valence-corrected chi connectivity index (χ0v) is 10.4. The lowest BCUT2D eigenvalue weighted by molar-refractivity contribution is -0.384. The highest BCUT2D eigenvalue weighted by molar-refractivity contribution is 8.00. The zero-order valence-electron chi connectivity index (χ0n) is 9.63. The van der Waals surface area contributed by atoms with Gasteiger partial charge in [0.2, 0.25) is 0 Å². The van der Waals surface area contributed by atoms with Gasteiger partial charge in [0.1, 0.15) is 0 Å². The first-order valence-electron chi connectivity index (χ1n) is 5.48. The second-order valence-corrected chi connectivity index (χ2v) is 5.71. The fourth-order valence-corrected chi connectivity index (χ4v) is 2.97. The highest BCUT2D eigenvalue weighted by atomic mass is 32.2. The number of hydrogen-bond donors (Lipinski definition) is 1. The number of nitro benzene ring substituents is 1. The summed E-state index contributed by atoms with van der Waals surface area (Å²) >= 11 is 1.92. The predicted octanol–water partition coefficient (Wildman–Crippen LogP) is 2.12. The average Bonchev–Trinajstić information content (AvgIpc) is 2.28. The van der Waals surface area contributed by atoms with Crippen LogP contribution < -0.4 is 10.6 Å². The predicted molar refractivity (Wildman–Crippen MR) is 71.6 cm³/mol. The van der Waals surface area contributed by atoms with Gasteiger partial charge in [0.25, 0.3) is 5.69 Å². The van der Waals surface area contributed by atoms with Gasteiger partial charge in [-0.3, -0.25) is 10.1 Å². The quantitative estimate of drug-likeness (QED) is 0.496. The molecule has 0 saturated carbocycles. The van der Waals surface area contributed by atoms with Crippen molar-refractivity contribution in [1.82, 2.24) is 0 Å². The SMILES string of the molecule is CC1CN(c2cc(N)cc([N+](=O)[O-])c2)CCS1. The molecule has 0 aliphatic carbocycles. The highest BCUT2D eigenvalue weighted by Crippen LogP contribution is 2.29. The molecule has 0 bridgehead atoms. The molecular formula is C11H15N3O2S. The molecule has 1 aromatic rings. The van der Waals surface area contributed by atoms with Crippen LogP contribution in [0.1, 0.15) is 6.92 Å². The maximum atomic E-state index is 10.8. The van der Waals surface area contributed by atoms with Gasteiger partial charge in [-0.2, -0.15) is 11.8 Å². The summed E-state index contributed by atoms with van der Waals surface area (Å²) in [5.74, 6) is 1.05. The lowest BCUT2D eigenvalue weighted by atomic mass is 10.2. The Bertz CT molecular complexity index is 439. The second kappa shape index (κ2) is 4.83. The minimum Gasteiger partial charge on any atom is -0.398 e. The third-order valence-corrected chi connectivity index (χ3v) is 3.88. The summed E-state index contributed by atoms with van der Waals surface area (Å²) in [5, 5.41) is 11.3. The van der Waals surface area contributed by atoms with Crippen molar-refractivity contribution in [3.8, 4) is 0 Å². The van der Waals surface area contributed by atoms with Gasteiger partial charge in [0.05, 0.1) is 4.92 Å². The van der Waals surface area contributed by atoms with Crippen molar-refractivity contribution in [2.75, 3.05) is 29.5 Å². The van der Waals surface area contributed by atoms with Crippen LogP contribution in [0.15, 0.2) is 18.2 Å². The Morgan fingerprint density at radius 1 is 1.53 bits per heavy atom. The minimum absolute atomic E-state index is 0.0610. The van der Waals surface area contributed by atoms with Crippen LogP contribution in [0.2, 0.25) is 0 Å². The average molecular weight is 253 g/mol. The smallest absolute Gasteiger partial charge is 0.273 e. The van der Waals surface area contributed by atoms with Crippen LogP contribution in [-0.4, -0.2) is 29.0 Å². The van der Waals surface area contributed by atoms with Crippen LogP contribution in [0.5, 0.6) is 0 Å². The summed E-state index contributed by atoms with van der Waals surface area (Å²) in [6.07, 6.45) is 0. The van der Waals surface area contributed by atoms with E-state index in [1.165, 1.54) is 6.07 Å². The Morgan fingerprint density at radius 3 is 2.94 bits per heavy atom. The van der Waals surface area contributed by atoms with Gasteiger partial charge < -0.3 is 10.6 Å². The Morgan fingerprint density at radius 2 is 2.29 bits per heavy atom. The number of benzene rings is 1. The number of anilines is 2. The van der Waals surface area contributed by atoms with Crippen molar-refractivity contribution in [3.05, 3.63) is 28.3 Å². The molecule has 0 aromatic heterocycles. The van der Waals surface area contributed by atoms with Crippen LogP contribution in [0.4, 0.5) is 17.1 Å². The van der Waals surface area contributed by atoms with Gasteiger partial charge in [0.15, 0.2) is 0 Å². The van der Waals surface area contributed by atoms with Crippen LogP contribution in [0, 0.1) is 10.1 Å². The number of hydrogen-bond acceptors (Lipinski definition) is 5.